The predicted molar refractivity (Wildman–Crippen MR) is 59.0 cm³/mol. The third-order valence-corrected chi connectivity index (χ3v) is 3.51. The Morgan fingerprint density at radius 3 is 2.93 bits per heavy atom. The predicted octanol–water partition coefficient (Wildman–Crippen LogP) is 0.672. The lowest BCUT2D eigenvalue weighted by molar-refractivity contribution is 0.578. The molecule has 0 bridgehead atoms. The fourth-order valence-electron chi connectivity index (χ4n) is 1.17. The fourth-order valence-corrected chi connectivity index (χ4v) is 2.40. The van der Waals surface area contributed by atoms with Crippen LogP contribution in [0.1, 0.15) is 25.5 Å². The second-order valence-electron chi connectivity index (χ2n) is 3.40. The number of hydrogen-bond donors (Lipinski definition) is 2. The maximum atomic E-state index is 11.4. The van der Waals surface area contributed by atoms with Crippen LogP contribution in [0.5, 0.6) is 0 Å². The number of aromatic amines is 1. The molecule has 5 nitrogen and oxygen atoms in total. The molecule has 1 rings (SSSR count). The average molecular weight is 231 g/mol. The maximum absolute atomic E-state index is 11.4. The molecule has 15 heavy (non-hydrogen) atoms. The van der Waals surface area contributed by atoms with Crippen LogP contribution >= 0.6 is 0 Å². The molecular weight excluding hydrogens is 214 g/mol. The molecule has 0 spiro atoms. The minimum absolute atomic E-state index is 0.215. The Balaban J connectivity index is 2.24. The molecule has 1 aromatic rings. The first-order valence-electron chi connectivity index (χ1n) is 5.09. The molecule has 0 atom stereocenters. The summed E-state index contributed by atoms with van der Waals surface area (Å²) in [6.45, 7) is 2.40. The summed E-state index contributed by atoms with van der Waals surface area (Å²) in [7, 11) is -3.08. The minimum Gasteiger partial charge on any atom is -0.283 e. The summed E-state index contributed by atoms with van der Waals surface area (Å²) < 4.78 is 25.3. The molecule has 0 unspecified atom stereocenters. The molecule has 0 aliphatic heterocycles. The van der Waals surface area contributed by atoms with Crippen LogP contribution in [-0.2, 0) is 16.4 Å². The van der Waals surface area contributed by atoms with Crippen molar-refractivity contribution in [1.82, 2.24) is 14.9 Å². The second-order valence-corrected chi connectivity index (χ2v) is 5.33. The molecule has 0 saturated heterocycles. The zero-order chi connectivity index (χ0) is 11.1. The molecular formula is C9H17N3O2S. The smallest absolute Gasteiger partial charge is 0.211 e. The number of nitrogens with one attached hydrogen (secondary N) is 2. The molecule has 0 saturated carbocycles. The van der Waals surface area contributed by atoms with E-state index in [4.69, 9.17) is 0 Å². The van der Waals surface area contributed by atoms with Gasteiger partial charge in [0.2, 0.25) is 10.0 Å². The Kier molecular flexibility index (Phi) is 4.77. The Bertz CT molecular complexity index is 359. The van der Waals surface area contributed by atoms with Crippen LogP contribution in [0.15, 0.2) is 12.3 Å². The highest BCUT2D eigenvalue weighted by molar-refractivity contribution is 7.89. The fraction of sp³-hybridized carbons (Fsp3) is 0.667. The van der Waals surface area contributed by atoms with Crippen molar-refractivity contribution >= 4 is 10.0 Å². The maximum Gasteiger partial charge on any atom is 0.211 e. The van der Waals surface area contributed by atoms with E-state index in [9.17, 15) is 8.42 Å². The van der Waals surface area contributed by atoms with E-state index >= 15 is 0 Å². The Morgan fingerprint density at radius 2 is 2.33 bits per heavy atom. The molecule has 1 heterocycles. The zero-order valence-electron chi connectivity index (χ0n) is 8.86. The van der Waals surface area contributed by atoms with Crippen molar-refractivity contribution in [3.8, 4) is 0 Å². The molecule has 0 aliphatic carbocycles. The van der Waals surface area contributed by atoms with Gasteiger partial charge < -0.3 is 0 Å². The van der Waals surface area contributed by atoms with Crippen LogP contribution < -0.4 is 4.72 Å². The first kappa shape index (κ1) is 12.2. The Hall–Kier alpha value is -0.880. The van der Waals surface area contributed by atoms with Crippen LogP contribution in [-0.4, -0.2) is 30.9 Å². The normalized spacial score (nSPS) is 11.8. The van der Waals surface area contributed by atoms with Crippen LogP contribution in [0.2, 0.25) is 0 Å². The molecule has 0 radical (unpaired) electrons. The molecule has 6 heteroatoms. The Labute approximate surface area is 90.3 Å². The van der Waals surface area contributed by atoms with Gasteiger partial charge in [-0.3, -0.25) is 5.10 Å². The third-order valence-electron chi connectivity index (χ3n) is 2.04. The number of unbranched alkanes of at least 4 members (excludes halogenated alkanes) is 1. The van der Waals surface area contributed by atoms with Gasteiger partial charge in [0.1, 0.15) is 0 Å². The van der Waals surface area contributed by atoms with Crippen molar-refractivity contribution < 1.29 is 8.42 Å². The van der Waals surface area contributed by atoms with Crippen molar-refractivity contribution in [2.45, 2.75) is 26.2 Å². The summed E-state index contributed by atoms with van der Waals surface area (Å²) in [5.41, 5.74) is 0.938. The van der Waals surface area contributed by atoms with Crippen molar-refractivity contribution in [2.24, 2.45) is 0 Å². The van der Waals surface area contributed by atoms with Gasteiger partial charge >= 0.3 is 0 Å². The number of H-pyrrole nitrogens is 1. The van der Waals surface area contributed by atoms with Gasteiger partial charge in [0.05, 0.1) is 5.75 Å². The number of sulfonamides is 1. The van der Waals surface area contributed by atoms with Crippen LogP contribution in [0.4, 0.5) is 0 Å². The second kappa shape index (κ2) is 5.87. The van der Waals surface area contributed by atoms with E-state index in [0.29, 0.717) is 19.4 Å². The lowest BCUT2D eigenvalue weighted by atomic mass is 10.3. The van der Waals surface area contributed by atoms with E-state index in [1.54, 1.807) is 6.20 Å². The molecule has 0 aliphatic rings. The summed E-state index contributed by atoms with van der Waals surface area (Å²) >= 11 is 0. The van der Waals surface area contributed by atoms with Gasteiger partial charge in [-0.15, -0.1) is 0 Å². The Morgan fingerprint density at radius 1 is 1.53 bits per heavy atom. The van der Waals surface area contributed by atoms with Crippen molar-refractivity contribution in [3.05, 3.63) is 18.0 Å². The first-order valence-corrected chi connectivity index (χ1v) is 6.75. The molecule has 0 fully saturated rings. The number of rotatable bonds is 7. The highest BCUT2D eigenvalue weighted by Gasteiger charge is 2.08. The van der Waals surface area contributed by atoms with Gasteiger partial charge in [0, 0.05) is 24.9 Å². The molecule has 2 N–H and O–H groups in total. The van der Waals surface area contributed by atoms with Crippen LogP contribution in [0.25, 0.3) is 0 Å². The average Bonchev–Trinajstić information content (AvgIpc) is 2.67. The molecule has 1 aromatic heterocycles. The molecule has 86 valence electrons. The van der Waals surface area contributed by atoms with E-state index in [0.717, 1.165) is 12.1 Å². The van der Waals surface area contributed by atoms with Crippen LogP contribution in [0.3, 0.4) is 0 Å². The summed E-state index contributed by atoms with van der Waals surface area (Å²) in [6.07, 6.45) is 3.90. The van der Waals surface area contributed by atoms with Gasteiger partial charge in [0.15, 0.2) is 0 Å². The first-order chi connectivity index (χ1) is 7.14. The zero-order valence-corrected chi connectivity index (χ0v) is 9.68. The lowest BCUT2D eigenvalue weighted by Crippen LogP contribution is -2.28. The monoisotopic (exact) mass is 231 g/mol. The van der Waals surface area contributed by atoms with Gasteiger partial charge in [-0.2, -0.15) is 5.10 Å². The minimum atomic E-state index is -3.08. The summed E-state index contributed by atoms with van der Waals surface area (Å²) in [4.78, 5) is 0. The third kappa shape index (κ3) is 4.94. The quantitative estimate of drug-likeness (QED) is 0.724. The van der Waals surface area contributed by atoms with E-state index in [1.807, 2.05) is 13.0 Å². The van der Waals surface area contributed by atoms with E-state index in [1.165, 1.54) is 0 Å². The van der Waals surface area contributed by atoms with Crippen LogP contribution in [0, 0.1) is 0 Å². The largest absolute Gasteiger partial charge is 0.283 e. The lowest BCUT2D eigenvalue weighted by Gasteiger charge is -2.04. The van der Waals surface area contributed by atoms with Gasteiger partial charge in [-0.1, -0.05) is 13.3 Å². The highest BCUT2D eigenvalue weighted by atomic mass is 32.2. The van der Waals surface area contributed by atoms with Crippen molar-refractivity contribution in [3.63, 3.8) is 0 Å². The van der Waals surface area contributed by atoms with Crippen molar-refractivity contribution in [1.29, 1.82) is 0 Å². The highest BCUT2D eigenvalue weighted by Crippen LogP contribution is 1.95. The molecule has 0 amide bonds. The summed E-state index contributed by atoms with van der Waals surface area (Å²) in [6, 6.07) is 1.83. The summed E-state index contributed by atoms with van der Waals surface area (Å²) in [5.74, 6) is 0.215. The number of nitrogens with zero attached hydrogens (tertiary/aromatic N) is 1. The van der Waals surface area contributed by atoms with Gasteiger partial charge in [-0.05, 0) is 12.5 Å². The molecule has 0 aromatic carbocycles. The van der Waals surface area contributed by atoms with E-state index in [2.05, 4.69) is 14.9 Å². The van der Waals surface area contributed by atoms with E-state index in [-0.39, 0.29) is 5.75 Å². The van der Waals surface area contributed by atoms with Gasteiger partial charge in [0.25, 0.3) is 0 Å². The van der Waals surface area contributed by atoms with E-state index < -0.39 is 10.0 Å². The topological polar surface area (TPSA) is 74.8 Å². The van der Waals surface area contributed by atoms with Crippen molar-refractivity contribution in [2.75, 3.05) is 12.3 Å². The SMILES string of the molecule is CCCCS(=O)(=O)NCCc1ccn[nH]1. The number of aromatic nitrogens is 2. The van der Waals surface area contributed by atoms with Gasteiger partial charge in [-0.25, -0.2) is 13.1 Å². The summed E-state index contributed by atoms with van der Waals surface area (Å²) in [5, 5.41) is 6.57. The number of hydrogen-bond acceptors (Lipinski definition) is 3. The standard InChI is InChI=1S/C9H17N3O2S/c1-2-3-8-15(13,14)11-7-5-9-4-6-10-12-9/h4,6,11H,2-3,5,7-8H2,1H3,(H,10,12).